The molecular weight excluding hydrogens is 320 g/mol. The van der Waals surface area contributed by atoms with Gasteiger partial charge in [-0.15, -0.1) is 0 Å². The van der Waals surface area contributed by atoms with Crippen LogP contribution in [0.2, 0.25) is 0 Å². The Morgan fingerprint density at radius 2 is 1.73 bits per heavy atom. The lowest BCUT2D eigenvalue weighted by Crippen LogP contribution is -1.84. The molecule has 0 N–H and O–H groups in total. The molecule has 0 amide bonds. The number of ether oxygens (including phenoxy) is 1. The van der Waals surface area contributed by atoms with Crippen molar-refractivity contribution in [2.24, 2.45) is 0 Å². The lowest BCUT2D eigenvalue weighted by atomic mass is 10.3. The third-order valence-electron chi connectivity index (χ3n) is 1.82. The smallest absolute Gasteiger partial charge is 0.141 e. The highest BCUT2D eigenvalue weighted by Crippen LogP contribution is 2.29. The highest BCUT2D eigenvalue weighted by atomic mass is 79.9. The summed E-state index contributed by atoms with van der Waals surface area (Å²) >= 11 is 6.78. The molecule has 75 valence electrons. The maximum Gasteiger partial charge on any atom is 0.141 e. The Labute approximate surface area is 105 Å². The number of hydrogen-bond donors (Lipinski definition) is 0. The molecule has 1 nitrogen and oxygen atoms in total. The van der Waals surface area contributed by atoms with Gasteiger partial charge in [0, 0.05) is 4.47 Å². The SMILES string of the molecule is Brc1ccc(Oc2cc[c]cc2Br)cc1. The van der Waals surface area contributed by atoms with Gasteiger partial charge >= 0.3 is 0 Å². The van der Waals surface area contributed by atoms with Crippen LogP contribution in [0.15, 0.2) is 51.4 Å². The van der Waals surface area contributed by atoms with E-state index in [0.717, 1.165) is 20.4 Å². The summed E-state index contributed by atoms with van der Waals surface area (Å²) in [7, 11) is 0. The third kappa shape index (κ3) is 2.83. The number of halogens is 2. The van der Waals surface area contributed by atoms with Crippen molar-refractivity contribution < 1.29 is 4.74 Å². The molecule has 0 aliphatic heterocycles. The quantitative estimate of drug-likeness (QED) is 0.770. The second-order valence-electron chi connectivity index (χ2n) is 2.91. The molecule has 0 aliphatic rings. The van der Waals surface area contributed by atoms with Crippen molar-refractivity contribution in [1.82, 2.24) is 0 Å². The van der Waals surface area contributed by atoms with Gasteiger partial charge in [-0.3, -0.25) is 0 Å². The van der Waals surface area contributed by atoms with E-state index < -0.39 is 0 Å². The van der Waals surface area contributed by atoms with Gasteiger partial charge in [0.05, 0.1) is 4.47 Å². The summed E-state index contributed by atoms with van der Waals surface area (Å²) in [6.45, 7) is 0. The zero-order chi connectivity index (χ0) is 10.7. The standard InChI is InChI=1S/C12H7Br2O/c13-9-5-7-10(8-6-9)15-12-4-2-1-3-11(12)14/h2-8H. The van der Waals surface area contributed by atoms with E-state index in [2.05, 4.69) is 37.9 Å². The van der Waals surface area contributed by atoms with E-state index in [1.54, 1.807) is 0 Å². The van der Waals surface area contributed by atoms with Crippen molar-refractivity contribution in [3.8, 4) is 11.5 Å². The summed E-state index contributed by atoms with van der Waals surface area (Å²) in [6, 6.07) is 16.2. The van der Waals surface area contributed by atoms with Crippen LogP contribution in [0.25, 0.3) is 0 Å². The molecule has 0 heterocycles. The van der Waals surface area contributed by atoms with Crippen LogP contribution >= 0.6 is 31.9 Å². The fraction of sp³-hybridized carbons (Fsp3) is 0. The van der Waals surface area contributed by atoms with Gasteiger partial charge in [0.1, 0.15) is 11.5 Å². The first-order valence-electron chi connectivity index (χ1n) is 4.35. The van der Waals surface area contributed by atoms with Gasteiger partial charge < -0.3 is 4.74 Å². The summed E-state index contributed by atoms with van der Waals surface area (Å²) < 4.78 is 7.61. The zero-order valence-corrected chi connectivity index (χ0v) is 10.9. The highest BCUT2D eigenvalue weighted by molar-refractivity contribution is 9.10. The van der Waals surface area contributed by atoms with Gasteiger partial charge in [-0.05, 0) is 58.4 Å². The fourth-order valence-corrected chi connectivity index (χ4v) is 1.72. The van der Waals surface area contributed by atoms with Crippen LogP contribution in [0.5, 0.6) is 11.5 Å². The molecule has 15 heavy (non-hydrogen) atoms. The Morgan fingerprint density at radius 3 is 2.40 bits per heavy atom. The molecule has 3 heteroatoms. The van der Waals surface area contributed by atoms with Crippen molar-refractivity contribution in [2.45, 2.75) is 0 Å². The van der Waals surface area contributed by atoms with Gasteiger partial charge in [-0.2, -0.15) is 0 Å². The average Bonchev–Trinajstić information content (AvgIpc) is 2.25. The molecule has 2 aromatic carbocycles. The molecule has 0 fully saturated rings. The Morgan fingerprint density at radius 1 is 1.00 bits per heavy atom. The predicted molar refractivity (Wildman–Crippen MR) is 67.2 cm³/mol. The van der Waals surface area contributed by atoms with Gasteiger partial charge in [-0.1, -0.05) is 22.0 Å². The molecule has 0 saturated carbocycles. The molecular formula is C12H7Br2O. The predicted octanol–water partition coefficient (Wildman–Crippen LogP) is 4.80. The maximum atomic E-state index is 5.68. The van der Waals surface area contributed by atoms with Crippen LogP contribution in [-0.4, -0.2) is 0 Å². The van der Waals surface area contributed by atoms with E-state index in [1.807, 2.05) is 42.5 Å². The number of hydrogen-bond acceptors (Lipinski definition) is 1. The maximum absolute atomic E-state index is 5.68. The van der Waals surface area contributed by atoms with Gasteiger partial charge in [-0.25, -0.2) is 0 Å². The molecule has 0 spiro atoms. The van der Waals surface area contributed by atoms with Gasteiger partial charge in [0.25, 0.3) is 0 Å². The minimum absolute atomic E-state index is 0.788. The second kappa shape index (κ2) is 4.81. The van der Waals surface area contributed by atoms with E-state index in [0.29, 0.717) is 0 Å². The molecule has 1 radical (unpaired) electrons. The lowest BCUT2D eigenvalue weighted by molar-refractivity contribution is 0.479. The van der Waals surface area contributed by atoms with Gasteiger partial charge in [0.15, 0.2) is 0 Å². The third-order valence-corrected chi connectivity index (χ3v) is 2.97. The monoisotopic (exact) mass is 325 g/mol. The van der Waals surface area contributed by atoms with Crippen LogP contribution in [0.3, 0.4) is 0 Å². The van der Waals surface area contributed by atoms with Crippen LogP contribution in [-0.2, 0) is 0 Å². The van der Waals surface area contributed by atoms with E-state index in [4.69, 9.17) is 4.74 Å². The first-order chi connectivity index (χ1) is 7.25. The molecule has 0 bridgehead atoms. The van der Waals surface area contributed by atoms with Crippen LogP contribution in [0, 0.1) is 6.07 Å². The number of benzene rings is 2. The molecule has 2 aromatic rings. The Bertz CT molecular complexity index is 451. The summed E-state index contributed by atoms with van der Waals surface area (Å²) in [4.78, 5) is 0. The van der Waals surface area contributed by atoms with E-state index in [-0.39, 0.29) is 0 Å². The first kappa shape index (κ1) is 10.7. The molecule has 0 saturated heterocycles. The van der Waals surface area contributed by atoms with Crippen LogP contribution in [0.4, 0.5) is 0 Å². The van der Waals surface area contributed by atoms with Crippen molar-refractivity contribution in [3.63, 3.8) is 0 Å². The zero-order valence-electron chi connectivity index (χ0n) is 7.71. The molecule has 2 rings (SSSR count). The minimum atomic E-state index is 0.788. The van der Waals surface area contributed by atoms with Gasteiger partial charge in [0.2, 0.25) is 0 Å². The second-order valence-corrected chi connectivity index (χ2v) is 4.68. The highest BCUT2D eigenvalue weighted by Gasteiger charge is 2.00. The van der Waals surface area contributed by atoms with Crippen LogP contribution < -0.4 is 4.74 Å². The molecule has 0 aromatic heterocycles. The first-order valence-corrected chi connectivity index (χ1v) is 5.93. The van der Waals surface area contributed by atoms with E-state index in [1.165, 1.54) is 0 Å². The normalized spacial score (nSPS) is 10.0. The summed E-state index contributed by atoms with van der Waals surface area (Å²) in [6.07, 6.45) is 0. The van der Waals surface area contributed by atoms with E-state index in [9.17, 15) is 0 Å². The Balaban J connectivity index is 2.22. The molecule has 0 unspecified atom stereocenters. The van der Waals surface area contributed by atoms with Crippen molar-refractivity contribution in [2.75, 3.05) is 0 Å². The van der Waals surface area contributed by atoms with E-state index >= 15 is 0 Å². The largest absolute Gasteiger partial charge is 0.456 e. The summed E-state index contributed by atoms with van der Waals surface area (Å²) in [5, 5.41) is 0. The summed E-state index contributed by atoms with van der Waals surface area (Å²) in [5.41, 5.74) is 0. The topological polar surface area (TPSA) is 9.23 Å². The Hall–Kier alpha value is -0.800. The molecule has 0 aliphatic carbocycles. The fourth-order valence-electron chi connectivity index (χ4n) is 1.11. The average molecular weight is 327 g/mol. The van der Waals surface area contributed by atoms with Crippen LogP contribution in [0.1, 0.15) is 0 Å². The van der Waals surface area contributed by atoms with Crippen molar-refractivity contribution in [3.05, 3.63) is 57.5 Å². The summed E-state index contributed by atoms with van der Waals surface area (Å²) in [5.74, 6) is 1.60. The lowest BCUT2D eigenvalue weighted by Gasteiger charge is -2.06. The molecule has 0 atom stereocenters. The minimum Gasteiger partial charge on any atom is -0.456 e. The van der Waals surface area contributed by atoms with Crippen molar-refractivity contribution in [1.29, 1.82) is 0 Å². The van der Waals surface area contributed by atoms with Crippen molar-refractivity contribution >= 4 is 31.9 Å². The Kier molecular flexibility index (Phi) is 3.44. The number of rotatable bonds is 2.